The lowest BCUT2D eigenvalue weighted by Crippen LogP contribution is -2.28. The molecule has 454 valence electrons. The summed E-state index contributed by atoms with van der Waals surface area (Å²) in [5.74, 6) is -0.606. The summed E-state index contributed by atoms with van der Waals surface area (Å²) in [6.07, 6.45) is 99.7. The summed E-state index contributed by atoms with van der Waals surface area (Å²) in [4.78, 5) is 24.6. The molecule has 5 nitrogen and oxygen atoms in total. The highest BCUT2D eigenvalue weighted by Crippen LogP contribution is 2.18. The molecule has 0 heterocycles. The minimum absolute atomic E-state index is 0.0766. The Morgan fingerprint density at radius 2 is 0.544 bits per heavy atom. The normalized spacial score (nSPS) is 12.9. The van der Waals surface area contributed by atoms with Crippen molar-refractivity contribution < 1.29 is 24.2 Å². The Balaban J connectivity index is 3.52. The smallest absolute Gasteiger partial charge is 0.306 e. The van der Waals surface area contributed by atoms with Crippen molar-refractivity contribution in [1.82, 2.24) is 0 Å². The summed E-state index contributed by atoms with van der Waals surface area (Å²) >= 11 is 0. The number of hydrogen-bond donors (Lipinski definition) is 1. The predicted octanol–water partition coefficient (Wildman–Crippen LogP) is 23.6. The molecule has 0 saturated carbocycles. The van der Waals surface area contributed by atoms with E-state index in [1.54, 1.807) is 0 Å². The van der Waals surface area contributed by atoms with E-state index in [-0.39, 0.29) is 25.2 Å². The minimum Gasteiger partial charge on any atom is -0.462 e. The molecule has 0 amide bonds. The van der Waals surface area contributed by atoms with Crippen molar-refractivity contribution >= 4 is 11.9 Å². The van der Waals surface area contributed by atoms with Crippen molar-refractivity contribution in [3.63, 3.8) is 0 Å². The van der Waals surface area contributed by atoms with Crippen LogP contribution in [0, 0.1) is 0 Å². The Morgan fingerprint density at radius 3 is 0.823 bits per heavy atom. The number of rotatable bonds is 62. The third kappa shape index (κ3) is 67.0. The predicted molar refractivity (Wildman–Crippen MR) is 348 cm³/mol. The van der Waals surface area contributed by atoms with Gasteiger partial charge in [0.25, 0.3) is 0 Å². The highest BCUT2D eigenvalue weighted by atomic mass is 16.6. The third-order valence-electron chi connectivity index (χ3n) is 14.8. The van der Waals surface area contributed by atoms with Crippen molar-refractivity contribution in [3.05, 3.63) is 109 Å². The average molecular weight is 1100 g/mol. The van der Waals surface area contributed by atoms with Gasteiger partial charge in [-0.25, -0.2) is 0 Å². The second-order valence-electron chi connectivity index (χ2n) is 22.5. The van der Waals surface area contributed by atoms with Gasteiger partial charge in [-0.1, -0.05) is 342 Å². The Morgan fingerprint density at radius 1 is 0.304 bits per heavy atom. The molecule has 0 aromatic heterocycles. The highest BCUT2D eigenvalue weighted by molar-refractivity contribution is 5.70. The Hall–Kier alpha value is -3.44. The van der Waals surface area contributed by atoms with Crippen LogP contribution in [-0.4, -0.2) is 36.4 Å². The lowest BCUT2D eigenvalue weighted by Gasteiger charge is -2.15. The number of esters is 2. The van der Waals surface area contributed by atoms with Gasteiger partial charge in [-0.3, -0.25) is 9.59 Å². The van der Waals surface area contributed by atoms with Gasteiger partial charge >= 0.3 is 11.9 Å². The number of carbonyl (C=O) groups is 2. The zero-order valence-corrected chi connectivity index (χ0v) is 52.1. The summed E-state index contributed by atoms with van der Waals surface area (Å²) < 4.78 is 10.7. The van der Waals surface area contributed by atoms with Gasteiger partial charge in [-0.2, -0.15) is 0 Å². The topological polar surface area (TPSA) is 72.8 Å². The monoisotopic (exact) mass is 1100 g/mol. The van der Waals surface area contributed by atoms with E-state index in [1.807, 2.05) is 0 Å². The van der Waals surface area contributed by atoms with Crippen LogP contribution in [0.2, 0.25) is 0 Å². The maximum absolute atomic E-state index is 12.3. The van der Waals surface area contributed by atoms with Gasteiger partial charge in [0.2, 0.25) is 0 Å². The van der Waals surface area contributed by atoms with Crippen LogP contribution in [0.15, 0.2) is 109 Å². The molecule has 0 aromatic rings. The van der Waals surface area contributed by atoms with Gasteiger partial charge in [-0.05, 0) is 83.5 Å². The second-order valence-corrected chi connectivity index (χ2v) is 22.5. The van der Waals surface area contributed by atoms with Crippen molar-refractivity contribution in [1.29, 1.82) is 0 Å². The standard InChI is InChI=1S/C74H128O5/c1-3-5-7-9-11-13-15-17-19-21-23-25-27-29-31-33-35-37-39-41-43-45-47-49-51-53-55-57-59-61-63-65-67-69-74(77)79-72(70-75)71-78-73(76)68-66-64-62-60-58-56-54-52-50-48-46-44-42-40-38-36-34-32-30-28-26-24-22-20-18-16-14-12-10-8-6-4-2/h5,7,11,13,17,19,23,25,29,31,35,37,41,43,47,49,53,55,72,75H,3-4,6,8-10,12,14-16,18,20-22,24,26-28,30,32-34,36,38-40,42,44-46,48,50-52,54,56-71H2,1-2H3/b7-5-,13-11-,19-17-,25-23-,31-29-,37-35-,43-41-,49-47-,55-53-. The zero-order valence-electron chi connectivity index (χ0n) is 52.1. The number of aliphatic hydroxyl groups is 1. The van der Waals surface area contributed by atoms with Crippen LogP contribution in [0.3, 0.4) is 0 Å². The fourth-order valence-corrected chi connectivity index (χ4v) is 9.79. The molecule has 0 bridgehead atoms. The number of carbonyl (C=O) groups excluding carboxylic acids is 2. The molecule has 0 radical (unpaired) electrons. The zero-order chi connectivity index (χ0) is 56.9. The molecule has 0 saturated heterocycles. The molecular formula is C74H128O5. The molecule has 0 aliphatic carbocycles. The summed E-state index contributed by atoms with van der Waals surface area (Å²) in [5, 5.41) is 9.69. The summed E-state index contributed by atoms with van der Waals surface area (Å²) in [6.45, 7) is 4.05. The number of allylic oxidation sites excluding steroid dienone is 18. The van der Waals surface area contributed by atoms with E-state index in [0.29, 0.717) is 12.8 Å². The van der Waals surface area contributed by atoms with Crippen molar-refractivity contribution in [3.8, 4) is 0 Å². The fraction of sp³-hybridized carbons (Fsp3) is 0.730. The van der Waals surface area contributed by atoms with E-state index in [1.165, 1.54) is 186 Å². The maximum Gasteiger partial charge on any atom is 0.306 e. The molecule has 1 unspecified atom stereocenters. The van der Waals surface area contributed by atoms with Gasteiger partial charge < -0.3 is 14.6 Å². The first-order valence-electron chi connectivity index (χ1n) is 33.9. The molecule has 0 rings (SSSR count). The molecule has 5 heteroatoms. The Kier molecular flexibility index (Phi) is 65.8. The molecule has 0 aromatic carbocycles. The van der Waals surface area contributed by atoms with Gasteiger partial charge in [0.1, 0.15) is 6.61 Å². The van der Waals surface area contributed by atoms with Crippen LogP contribution in [0.1, 0.15) is 328 Å². The van der Waals surface area contributed by atoms with Crippen LogP contribution >= 0.6 is 0 Å². The molecule has 1 N–H and O–H groups in total. The first kappa shape index (κ1) is 75.6. The van der Waals surface area contributed by atoms with Gasteiger partial charge in [0, 0.05) is 12.8 Å². The molecule has 0 aliphatic heterocycles. The molecular weight excluding hydrogens is 969 g/mol. The minimum atomic E-state index is -0.790. The van der Waals surface area contributed by atoms with Crippen molar-refractivity contribution in [2.24, 2.45) is 0 Å². The van der Waals surface area contributed by atoms with E-state index >= 15 is 0 Å². The largest absolute Gasteiger partial charge is 0.462 e. The van der Waals surface area contributed by atoms with Crippen LogP contribution in [0.4, 0.5) is 0 Å². The van der Waals surface area contributed by atoms with E-state index < -0.39 is 6.10 Å². The van der Waals surface area contributed by atoms with Crippen LogP contribution in [0.5, 0.6) is 0 Å². The fourth-order valence-electron chi connectivity index (χ4n) is 9.79. The maximum atomic E-state index is 12.3. The van der Waals surface area contributed by atoms with Crippen LogP contribution in [-0.2, 0) is 19.1 Å². The second kappa shape index (κ2) is 68.8. The molecule has 79 heavy (non-hydrogen) atoms. The first-order valence-corrected chi connectivity index (χ1v) is 33.9. The van der Waals surface area contributed by atoms with Crippen molar-refractivity contribution in [2.45, 2.75) is 335 Å². The quantitative estimate of drug-likeness (QED) is 0.0373. The highest BCUT2D eigenvalue weighted by Gasteiger charge is 2.16. The van der Waals surface area contributed by atoms with Gasteiger partial charge in [0.05, 0.1) is 6.61 Å². The van der Waals surface area contributed by atoms with E-state index in [0.717, 1.165) is 116 Å². The van der Waals surface area contributed by atoms with E-state index in [9.17, 15) is 14.7 Å². The average Bonchev–Trinajstić information content (AvgIpc) is 3.45. The molecule has 0 fully saturated rings. The number of aliphatic hydroxyl groups excluding tert-OH is 1. The van der Waals surface area contributed by atoms with E-state index in [4.69, 9.17) is 9.47 Å². The van der Waals surface area contributed by atoms with E-state index in [2.05, 4.69) is 123 Å². The Bertz CT molecular complexity index is 1520. The SMILES string of the molecule is CC/C=C\C/C=C\C/C=C\C/C=C\C/C=C\C/C=C\C/C=C\C/C=C\C/C=C\CCCCCCCC(=O)OC(CO)COC(=O)CCCCCCCCCCCCCCCCCCCCCCCCCCCCCCCCCC. The van der Waals surface area contributed by atoms with Gasteiger partial charge in [0.15, 0.2) is 6.10 Å². The molecule has 0 aliphatic rings. The van der Waals surface area contributed by atoms with Crippen LogP contribution in [0.25, 0.3) is 0 Å². The Labute approximate surface area is 491 Å². The summed E-state index contributed by atoms with van der Waals surface area (Å²) in [7, 11) is 0. The number of ether oxygens (including phenoxy) is 2. The summed E-state index contributed by atoms with van der Waals surface area (Å²) in [5.41, 5.74) is 0. The third-order valence-corrected chi connectivity index (χ3v) is 14.8. The lowest BCUT2D eigenvalue weighted by molar-refractivity contribution is -0.161. The van der Waals surface area contributed by atoms with Crippen LogP contribution < -0.4 is 0 Å². The lowest BCUT2D eigenvalue weighted by atomic mass is 10.0. The first-order chi connectivity index (χ1) is 39.1. The summed E-state index contributed by atoms with van der Waals surface area (Å²) in [6, 6.07) is 0. The number of hydrogen-bond acceptors (Lipinski definition) is 5. The van der Waals surface area contributed by atoms with Crippen molar-refractivity contribution in [2.75, 3.05) is 13.2 Å². The molecule has 1 atom stereocenters. The van der Waals surface area contributed by atoms with Gasteiger partial charge in [-0.15, -0.1) is 0 Å². The molecule has 0 spiro atoms. The number of unbranched alkanes of at least 4 members (excludes halogenated alkanes) is 36.